The van der Waals surface area contributed by atoms with Crippen LogP contribution in [0.2, 0.25) is 0 Å². The molecule has 1 rings (SSSR count). The summed E-state index contributed by atoms with van der Waals surface area (Å²) in [5.41, 5.74) is 5.54. The van der Waals surface area contributed by atoms with Gasteiger partial charge in [-0.05, 0) is 6.42 Å². The molecule has 1 aliphatic rings. The molecule has 0 aliphatic heterocycles. The lowest BCUT2D eigenvalue weighted by Crippen LogP contribution is -2.28. The minimum Gasteiger partial charge on any atom is -0.329 e. The predicted molar refractivity (Wildman–Crippen MR) is 48.7 cm³/mol. The molecule has 2 heteroatoms. The molecule has 2 N–H and O–H groups in total. The molecule has 0 heterocycles. The van der Waals surface area contributed by atoms with Gasteiger partial charge >= 0.3 is 0 Å². The van der Waals surface area contributed by atoms with Crippen molar-refractivity contribution >= 4 is 22.6 Å². The Morgan fingerprint density at radius 2 is 2.33 bits per heavy atom. The number of nitrogens with two attached hydrogens (primary N) is 1. The normalized spacial score (nSPS) is 33.1. The summed E-state index contributed by atoms with van der Waals surface area (Å²) < 4.78 is 0.201. The molecule has 0 aromatic heterocycles. The zero-order chi connectivity index (χ0) is 6.74. The molecule has 0 fully saturated rings. The first-order chi connectivity index (χ1) is 4.27. The summed E-state index contributed by atoms with van der Waals surface area (Å²) in [6.07, 6.45) is 9.50. The zero-order valence-corrected chi connectivity index (χ0v) is 7.34. The lowest BCUT2D eigenvalue weighted by molar-refractivity contribution is 0.757. The fourth-order valence-corrected chi connectivity index (χ4v) is 1.25. The van der Waals surface area contributed by atoms with Gasteiger partial charge in [0, 0.05) is 6.54 Å². The van der Waals surface area contributed by atoms with Crippen molar-refractivity contribution in [2.45, 2.75) is 9.84 Å². The molecule has 50 valence electrons. The van der Waals surface area contributed by atoms with E-state index in [1.807, 2.05) is 0 Å². The van der Waals surface area contributed by atoms with E-state index in [1.54, 1.807) is 0 Å². The molecular formula is C7H10IN. The zero-order valence-electron chi connectivity index (χ0n) is 5.18. The average Bonchev–Trinajstić information content (AvgIpc) is 1.90. The number of hydrogen-bond acceptors (Lipinski definition) is 1. The van der Waals surface area contributed by atoms with Crippen LogP contribution in [0.3, 0.4) is 0 Å². The number of allylic oxidation sites excluding steroid dienone is 3. The van der Waals surface area contributed by atoms with E-state index in [0.717, 1.165) is 13.0 Å². The molecule has 0 radical (unpaired) electrons. The largest absolute Gasteiger partial charge is 0.329 e. The Bertz CT molecular complexity index is 151. The Kier molecular flexibility index (Phi) is 2.29. The number of hydrogen-bond donors (Lipinski definition) is 1. The summed E-state index contributed by atoms with van der Waals surface area (Å²) in [6, 6.07) is 0. The maximum Gasteiger partial charge on any atom is 0.0560 e. The van der Waals surface area contributed by atoms with Crippen LogP contribution >= 0.6 is 22.6 Å². The third-order valence-electron chi connectivity index (χ3n) is 1.44. The van der Waals surface area contributed by atoms with Crippen molar-refractivity contribution in [2.75, 3.05) is 6.54 Å². The van der Waals surface area contributed by atoms with Crippen LogP contribution in [0.1, 0.15) is 6.42 Å². The van der Waals surface area contributed by atoms with E-state index in [2.05, 4.69) is 46.9 Å². The molecule has 0 saturated heterocycles. The Labute approximate surface area is 69.1 Å². The van der Waals surface area contributed by atoms with Crippen LogP contribution in [0, 0.1) is 0 Å². The van der Waals surface area contributed by atoms with E-state index in [0.29, 0.717) is 0 Å². The third kappa shape index (κ3) is 1.79. The Morgan fingerprint density at radius 1 is 1.56 bits per heavy atom. The van der Waals surface area contributed by atoms with Crippen LogP contribution < -0.4 is 5.73 Å². The highest BCUT2D eigenvalue weighted by Crippen LogP contribution is 2.26. The molecule has 0 amide bonds. The van der Waals surface area contributed by atoms with Gasteiger partial charge in [-0.1, -0.05) is 46.9 Å². The topological polar surface area (TPSA) is 26.0 Å². The van der Waals surface area contributed by atoms with Crippen molar-refractivity contribution in [2.24, 2.45) is 5.73 Å². The van der Waals surface area contributed by atoms with Gasteiger partial charge in [-0.3, -0.25) is 0 Å². The first-order valence-electron chi connectivity index (χ1n) is 3.00. The molecule has 1 unspecified atom stereocenters. The smallest absolute Gasteiger partial charge is 0.0560 e. The molecule has 0 aromatic carbocycles. The summed E-state index contributed by atoms with van der Waals surface area (Å²) in [7, 11) is 0. The summed E-state index contributed by atoms with van der Waals surface area (Å²) in [5.74, 6) is 0. The van der Waals surface area contributed by atoms with Crippen LogP contribution in [-0.2, 0) is 0 Å². The highest BCUT2D eigenvalue weighted by Gasteiger charge is 2.19. The van der Waals surface area contributed by atoms with Gasteiger partial charge in [-0.2, -0.15) is 0 Å². The van der Waals surface area contributed by atoms with Crippen molar-refractivity contribution in [1.82, 2.24) is 0 Å². The fourth-order valence-electron chi connectivity index (χ4n) is 0.790. The van der Waals surface area contributed by atoms with Crippen LogP contribution in [0.15, 0.2) is 24.3 Å². The van der Waals surface area contributed by atoms with Crippen LogP contribution in [-0.4, -0.2) is 9.97 Å². The predicted octanol–water partition coefficient (Wildman–Crippen LogP) is 1.64. The Morgan fingerprint density at radius 3 is 2.67 bits per heavy atom. The van der Waals surface area contributed by atoms with Crippen molar-refractivity contribution in [1.29, 1.82) is 0 Å². The second kappa shape index (κ2) is 2.84. The van der Waals surface area contributed by atoms with Crippen LogP contribution in [0.25, 0.3) is 0 Å². The minimum atomic E-state index is 0.201. The van der Waals surface area contributed by atoms with Gasteiger partial charge in [0.05, 0.1) is 3.42 Å². The first-order valence-corrected chi connectivity index (χ1v) is 4.08. The monoisotopic (exact) mass is 235 g/mol. The van der Waals surface area contributed by atoms with Crippen molar-refractivity contribution < 1.29 is 0 Å². The second-order valence-corrected chi connectivity index (χ2v) is 4.38. The van der Waals surface area contributed by atoms with Gasteiger partial charge < -0.3 is 5.73 Å². The Balaban J connectivity index is 2.63. The number of alkyl halides is 1. The van der Waals surface area contributed by atoms with E-state index in [1.165, 1.54) is 0 Å². The average molecular weight is 235 g/mol. The minimum absolute atomic E-state index is 0.201. The van der Waals surface area contributed by atoms with Gasteiger partial charge in [0.1, 0.15) is 0 Å². The third-order valence-corrected chi connectivity index (χ3v) is 2.68. The molecular weight excluding hydrogens is 225 g/mol. The molecule has 9 heavy (non-hydrogen) atoms. The summed E-state index contributed by atoms with van der Waals surface area (Å²) >= 11 is 2.39. The Hall–Kier alpha value is 0.170. The lowest BCUT2D eigenvalue weighted by atomic mass is 10.0. The highest BCUT2D eigenvalue weighted by molar-refractivity contribution is 14.1. The summed E-state index contributed by atoms with van der Waals surface area (Å²) in [5, 5.41) is 0. The molecule has 1 aliphatic carbocycles. The van der Waals surface area contributed by atoms with E-state index < -0.39 is 0 Å². The highest BCUT2D eigenvalue weighted by atomic mass is 127. The maximum absolute atomic E-state index is 5.54. The van der Waals surface area contributed by atoms with Gasteiger partial charge in [0.15, 0.2) is 0 Å². The van der Waals surface area contributed by atoms with Crippen LogP contribution in [0.4, 0.5) is 0 Å². The molecule has 1 nitrogen and oxygen atoms in total. The molecule has 0 saturated carbocycles. The van der Waals surface area contributed by atoms with Gasteiger partial charge in [0.25, 0.3) is 0 Å². The number of halogens is 1. The second-order valence-electron chi connectivity index (χ2n) is 2.23. The van der Waals surface area contributed by atoms with E-state index in [-0.39, 0.29) is 3.42 Å². The van der Waals surface area contributed by atoms with E-state index in [9.17, 15) is 0 Å². The first kappa shape index (κ1) is 7.28. The van der Waals surface area contributed by atoms with E-state index >= 15 is 0 Å². The van der Waals surface area contributed by atoms with Gasteiger partial charge in [-0.15, -0.1) is 0 Å². The molecule has 0 spiro atoms. The van der Waals surface area contributed by atoms with Crippen LogP contribution in [0.5, 0.6) is 0 Å². The quantitative estimate of drug-likeness (QED) is 0.542. The van der Waals surface area contributed by atoms with Crippen molar-refractivity contribution in [3.05, 3.63) is 24.3 Å². The molecule has 0 bridgehead atoms. The standard InChI is InChI=1S/C7H10IN/c8-7(6-9)4-2-1-3-5-7/h1-4H,5-6,9H2. The molecule has 1 atom stereocenters. The number of rotatable bonds is 1. The lowest BCUT2D eigenvalue weighted by Gasteiger charge is -2.21. The SMILES string of the molecule is NCC1(I)C=CC=CC1. The fraction of sp³-hybridized carbons (Fsp3) is 0.429. The van der Waals surface area contributed by atoms with Crippen molar-refractivity contribution in [3.63, 3.8) is 0 Å². The van der Waals surface area contributed by atoms with Gasteiger partial charge in [-0.25, -0.2) is 0 Å². The van der Waals surface area contributed by atoms with Crippen molar-refractivity contribution in [3.8, 4) is 0 Å². The van der Waals surface area contributed by atoms with E-state index in [4.69, 9.17) is 5.73 Å². The summed E-state index contributed by atoms with van der Waals surface area (Å²) in [6.45, 7) is 0.731. The van der Waals surface area contributed by atoms with Gasteiger partial charge in [0.2, 0.25) is 0 Å². The molecule has 0 aromatic rings. The maximum atomic E-state index is 5.54. The summed E-state index contributed by atoms with van der Waals surface area (Å²) in [4.78, 5) is 0.